The van der Waals surface area contributed by atoms with Gasteiger partial charge in [0.1, 0.15) is 5.03 Å². The molecule has 24 heavy (non-hydrogen) atoms. The molecule has 2 rings (SSSR count). The summed E-state index contributed by atoms with van der Waals surface area (Å²) in [6, 6.07) is 1.45. The van der Waals surface area contributed by atoms with Gasteiger partial charge in [-0.3, -0.25) is 4.98 Å². The average molecular weight is 407 g/mol. The highest BCUT2D eigenvalue weighted by Crippen LogP contribution is 2.36. The first-order valence-electron chi connectivity index (χ1n) is 6.05. The zero-order valence-electron chi connectivity index (χ0n) is 11.3. The Bertz CT molecular complexity index is 685. The van der Waals surface area contributed by atoms with Crippen LogP contribution in [0.25, 0.3) is 0 Å². The van der Waals surface area contributed by atoms with Crippen molar-refractivity contribution in [3.8, 4) is 0 Å². The Labute approximate surface area is 146 Å². The Morgan fingerprint density at radius 1 is 0.833 bits per heavy atom. The molecule has 0 aliphatic rings. The molecule has 2 nitrogen and oxygen atoms in total. The summed E-state index contributed by atoms with van der Waals surface area (Å²) < 4.78 is 75.1. The van der Waals surface area contributed by atoms with Gasteiger partial charge in [0.25, 0.3) is 0 Å². The standard InChI is InChI=1S/C13H6Cl2F6N2S/c14-8-1-6(12(16,17)18)3-22-10(8)5-24-11-9(15)2-7(4-23-11)13(19,20)21/h1-4H,5H2. The molecule has 2 heterocycles. The van der Waals surface area contributed by atoms with Crippen molar-refractivity contribution in [1.29, 1.82) is 0 Å². The zero-order chi connectivity index (χ0) is 18.1. The molecule has 0 atom stereocenters. The van der Waals surface area contributed by atoms with E-state index >= 15 is 0 Å². The number of pyridine rings is 2. The first kappa shape index (κ1) is 19.1. The highest BCUT2D eigenvalue weighted by Gasteiger charge is 2.32. The fourth-order valence-corrected chi connectivity index (χ4v) is 3.02. The van der Waals surface area contributed by atoms with E-state index < -0.39 is 23.5 Å². The molecular formula is C13H6Cl2F6N2S. The highest BCUT2D eigenvalue weighted by atomic mass is 35.5. The SMILES string of the molecule is FC(F)(F)c1cnc(CSc2ncc(C(F)(F)F)cc2Cl)c(Cl)c1. The summed E-state index contributed by atoms with van der Waals surface area (Å²) in [5.74, 6) is -0.00491. The average Bonchev–Trinajstić information content (AvgIpc) is 2.45. The van der Waals surface area contributed by atoms with Crippen molar-refractivity contribution >= 4 is 35.0 Å². The van der Waals surface area contributed by atoms with Crippen LogP contribution in [0, 0.1) is 0 Å². The van der Waals surface area contributed by atoms with Crippen LogP contribution in [0.2, 0.25) is 10.0 Å². The van der Waals surface area contributed by atoms with Gasteiger partial charge in [-0.25, -0.2) is 4.98 Å². The molecule has 2 aromatic heterocycles. The monoisotopic (exact) mass is 406 g/mol. The molecule has 0 aliphatic heterocycles. The molecule has 0 saturated heterocycles. The molecule has 0 amide bonds. The van der Waals surface area contributed by atoms with E-state index in [4.69, 9.17) is 23.2 Å². The third-order valence-corrected chi connectivity index (χ3v) is 4.47. The lowest BCUT2D eigenvalue weighted by Gasteiger charge is -2.10. The van der Waals surface area contributed by atoms with Gasteiger partial charge in [-0.15, -0.1) is 0 Å². The molecule has 0 unspecified atom stereocenters. The maximum atomic E-state index is 12.5. The predicted molar refractivity (Wildman–Crippen MR) is 78.1 cm³/mol. The number of thioether (sulfide) groups is 1. The second-order valence-corrected chi connectivity index (χ2v) is 6.23. The molecule has 130 valence electrons. The highest BCUT2D eigenvalue weighted by molar-refractivity contribution is 7.98. The fourth-order valence-electron chi connectivity index (χ4n) is 1.55. The molecule has 0 N–H and O–H groups in total. The molecular weight excluding hydrogens is 401 g/mol. The van der Waals surface area contributed by atoms with Crippen LogP contribution in [0.5, 0.6) is 0 Å². The summed E-state index contributed by atoms with van der Waals surface area (Å²) >= 11 is 12.4. The lowest BCUT2D eigenvalue weighted by Crippen LogP contribution is -2.06. The van der Waals surface area contributed by atoms with Crippen molar-refractivity contribution < 1.29 is 26.3 Å². The number of rotatable bonds is 3. The van der Waals surface area contributed by atoms with Crippen LogP contribution >= 0.6 is 35.0 Å². The normalized spacial score (nSPS) is 12.5. The van der Waals surface area contributed by atoms with E-state index in [1.807, 2.05) is 0 Å². The van der Waals surface area contributed by atoms with E-state index in [0.29, 0.717) is 12.4 Å². The quantitative estimate of drug-likeness (QED) is 0.454. The largest absolute Gasteiger partial charge is 0.417 e. The fraction of sp³-hybridized carbons (Fsp3) is 0.231. The number of aromatic nitrogens is 2. The second-order valence-electron chi connectivity index (χ2n) is 4.45. The zero-order valence-corrected chi connectivity index (χ0v) is 13.7. The second kappa shape index (κ2) is 6.97. The van der Waals surface area contributed by atoms with E-state index in [9.17, 15) is 26.3 Å². The van der Waals surface area contributed by atoms with Gasteiger partial charge in [-0.2, -0.15) is 26.3 Å². The van der Waals surface area contributed by atoms with E-state index in [2.05, 4.69) is 9.97 Å². The maximum absolute atomic E-state index is 12.5. The van der Waals surface area contributed by atoms with E-state index in [-0.39, 0.29) is 26.5 Å². The van der Waals surface area contributed by atoms with Crippen molar-refractivity contribution in [2.24, 2.45) is 0 Å². The van der Waals surface area contributed by atoms with Crippen LogP contribution in [-0.4, -0.2) is 9.97 Å². The molecule has 0 aliphatic carbocycles. The Morgan fingerprint density at radius 3 is 1.79 bits per heavy atom. The molecule has 0 aromatic carbocycles. The van der Waals surface area contributed by atoms with Gasteiger partial charge in [0, 0.05) is 18.1 Å². The Kier molecular flexibility index (Phi) is 5.56. The Balaban J connectivity index is 2.14. The van der Waals surface area contributed by atoms with Gasteiger partial charge in [-0.05, 0) is 12.1 Å². The predicted octanol–water partition coefficient (Wildman–Crippen LogP) is 6.11. The first-order valence-corrected chi connectivity index (χ1v) is 7.80. The molecule has 0 saturated carbocycles. The van der Waals surface area contributed by atoms with Crippen molar-refractivity contribution in [1.82, 2.24) is 9.97 Å². The Hall–Kier alpha value is -1.19. The summed E-state index contributed by atoms with van der Waals surface area (Å²) in [5.41, 5.74) is -1.86. The van der Waals surface area contributed by atoms with Crippen molar-refractivity contribution in [2.45, 2.75) is 23.1 Å². The van der Waals surface area contributed by atoms with Crippen LogP contribution in [0.4, 0.5) is 26.3 Å². The third kappa shape index (κ3) is 4.67. The molecule has 0 spiro atoms. The minimum Gasteiger partial charge on any atom is -0.258 e. The topological polar surface area (TPSA) is 25.8 Å². The van der Waals surface area contributed by atoms with Gasteiger partial charge in [0.15, 0.2) is 0 Å². The van der Waals surface area contributed by atoms with E-state index in [0.717, 1.165) is 23.9 Å². The van der Waals surface area contributed by atoms with E-state index in [1.54, 1.807) is 0 Å². The minimum absolute atomic E-state index is 0.00491. The van der Waals surface area contributed by atoms with Crippen molar-refractivity contribution in [3.63, 3.8) is 0 Å². The van der Waals surface area contributed by atoms with Gasteiger partial charge in [-0.1, -0.05) is 35.0 Å². The third-order valence-electron chi connectivity index (χ3n) is 2.73. The summed E-state index contributed by atoms with van der Waals surface area (Å²) in [6.45, 7) is 0. The minimum atomic E-state index is -4.57. The molecule has 0 radical (unpaired) electrons. The van der Waals surface area contributed by atoms with Crippen LogP contribution in [0.3, 0.4) is 0 Å². The van der Waals surface area contributed by atoms with Crippen LogP contribution < -0.4 is 0 Å². The van der Waals surface area contributed by atoms with Gasteiger partial charge in [0.2, 0.25) is 0 Å². The number of alkyl halides is 6. The first-order chi connectivity index (χ1) is 11.0. The maximum Gasteiger partial charge on any atom is 0.417 e. The van der Waals surface area contributed by atoms with Gasteiger partial charge in [0.05, 0.1) is 26.9 Å². The lowest BCUT2D eigenvalue weighted by molar-refractivity contribution is -0.138. The van der Waals surface area contributed by atoms with Crippen LogP contribution in [-0.2, 0) is 18.1 Å². The smallest absolute Gasteiger partial charge is 0.258 e. The van der Waals surface area contributed by atoms with Crippen molar-refractivity contribution in [3.05, 3.63) is 51.4 Å². The van der Waals surface area contributed by atoms with Crippen molar-refractivity contribution in [2.75, 3.05) is 0 Å². The van der Waals surface area contributed by atoms with Gasteiger partial charge < -0.3 is 0 Å². The number of hydrogen-bond donors (Lipinski definition) is 0. The molecule has 2 aromatic rings. The molecule has 0 bridgehead atoms. The van der Waals surface area contributed by atoms with Crippen LogP contribution in [0.1, 0.15) is 16.8 Å². The Morgan fingerprint density at radius 2 is 1.33 bits per heavy atom. The summed E-state index contributed by atoms with van der Waals surface area (Å²) in [5, 5.41) is -0.347. The number of hydrogen-bond acceptors (Lipinski definition) is 3. The van der Waals surface area contributed by atoms with Gasteiger partial charge >= 0.3 is 12.4 Å². The lowest BCUT2D eigenvalue weighted by atomic mass is 10.2. The summed E-state index contributed by atoms with van der Waals surface area (Å²) in [4.78, 5) is 7.23. The molecule has 11 heteroatoms. The summed E-state index contributed by atoms with van der Waals surface area (Å²) in [7, 11) is 0. The molecule has 0 fully saturated rings. The summed E-state index contributed by atoms with van der Waals surface area (Å²) in [6.07, 6.45) is -7.89. The number of halogens is 8. The van der Waals surface area contributed by atoms with E-state index in [1.165, 1.54) is 0 Å². The number of nitrogens with zero attached hydrogens (tertiary/aromatic N) is 2. The van der Waals surface area contributed by atoms with Crippen LogP contribution in [0.15, 0.2) is 29.6 Å².